The molecule has 3 N–H and O–H groups in total. The van der Waals surface area contributed by atoms with Crippen molar-refractivity contribution >= 4 is 56.6 Å². The largest absolute Gasteiger partial charge is 0.476 e. The summed E-state index contributed by atoms with van der Waals surface area (Å²) in [6.07, 6.45) is 4.70. The number of sulfonamides is 1. The highest BCUT2D eigenvalue weighted by Gasteiger charge is 2.43. The number of ether oxygens (including phenoxy) is 1. The van der Waals surface area contributed by atoms with E-state index in [0.29, 0.717) is 10.8 Å². The van der Waals surface area contributed by atoms with Crippen molar-refractivity contribution < 1.29 is 17.9 Å². The molecule has 34 heavy (non-hydrogen) atoms. The van der Waals surface area contributed by atoms with Gasteiger partial charge in [0.15, 0.2) is 5.60 Å². The van der Waals surface area contributed by atoms with Crippen molar-refractivity contribution in [3.63, 3.8) is 0 Å². The summed E-state index contributed by atoms with van der Waals surface area (Å²) in [6.45, 7) is 3.34. The summed E-state index contributed by atoms with van der Waals surface area (Å²) in [4.78, 5) is 19.6. The number of fused-ring (bicyclic) bond motifs is 2. The molecule has 8 nitrogen and oxygen atoms in total. The lowest BCUT2D eigenvalue weighted by Crippen LogP contribution is -2.55. The lowest BCUT2D eigenvalue weighted by molar-refractivity contribution is -0.135. The molecular formula is C22H25Cl3N4O4S. The van der Waals surface area contributed by atoms with Crippen LogP contribution in [0.25, 0.3) is 0 Å². The van der Waals surface area contributed by atoms with Crippen molar-refractivity contribution in [2.75, 3.05) is 4.90 Å². The Morgan fingerprint density at radius 1 is 1.12 bits per heavy atom. The molecule has 0 spiro atoms. The number of carbonyl (C=O) groups excluding carboxylic acids is 1. The molecule has 1 aromatic heterocycles. The summed E-state index contributed by atoms with van der Waals surface area (Å²) in [5.41, 5.74) is -1.19. The van der Waals surface area contributed by atoms with Gasteiger partial charge in [-0.2, -0.15) is 0 Å². The number of halogens is 3. The third-order valence-electron chi connectivity index (χ3n) is 6.27. The number of pyridine rings is 1. The fourth-order valence-corrected chi connectivity index (χ4v) is 5.66. The molecule has 0 aliphatic carbocycles. The number of primary sulfonamides is 1. The first-order valence-electron chi connectivity index (χ1n) is 10.8. The Kier molecular flexibility index (Phi) is 6.96. The van der Waals surface area contributed by atoms with Crippen LogP contribution in [0.2, 0.25) is 15.1 Å². The number of hydrogen-bond acceptors (Lipinski definition) is 6. The molecule has 4 rings (SSSR count). The van der Waals surface area contributed by atoms with Gasteiger partial charge in [-0.05, 0) is 57.7 Å². The Bertz CT molecular complexity index is 1190. The smallest absolute Gasteiger partial charge is 0.263 e. The summed E-state index contributed by atoms with van der Waals surface area (Å²) < 4.78 is 28.9. The maximum absolute atomic E-state index is 13.1. The van der Waals surface area contributed by atoms with Gasteiger partial charge in [0.1, 0.15) is 16.5 Å². The second-order valence-electron chi connectivity index (χ2n) is 9.14. The molecule has 2 aliphatic rings. The molecule has 2 aromatic rings. The van der Waals surface area contributed by atoms with E-state index >= 15 is 0 Å². The highest BCUT2D eigenvalue weighted by Crippen LogP contribution is 2.39. The Hall–Kier alpha value is -1.78. The first kappa shape index (κ1) is 25.3. The molecular weight excluding hydrogens is 523 g/mol. The molecule has 0 saturated carbocycles. The Labute approximate surface area is 213 Å². The van der Waals surface area contributed by atoms with E-state index in [9.17, 15) is 13.2 Å². The van der Waals surface area contributed by atoms with E-state index in [0.717, 1.165) is 25.7 Å². The van der Waals surface area contributed by atoms with Crippen LogP contribution in [0.4, 0.5) is 5.82 Å². The molecule has 0 radical (unpaired) electrons. The van der Waals surface area contributed by atoms with Crippen molar-refractivity contribution in [3.05, 3.63) is 45.5 Å². The summed E-state index contributed by atoms with van der Waals surface area (Å²) in [5.74, 6) is 0.728. The van der Waals surface area contributed by atoms with Crippen LogP contribution in [0.15, 0.2) is 35.4 Å². The molecule has 2 atom stereocenters. The normalized spacial score (nSPS) is 22.5. The van der Waals surface area contributed by atoms with Crippen LogP contribution >= 0.6 is 34.8 Å². The number of nitrogens with two attached hydrogens (primary N) is 1. The number of piperidine rings is 1. The molecule has 184 valence electrons. The van der Waals surface area contributed by atoms with Gasteiger partial charge in [0, 0.05) is 30.4 Å². The zero-order valence-electron chi connectivity index (χ0n) is 18.6. The quantitative estimate of drug-likeness (QED) is 0.525. The van der Waals surface area contributed by atoms with Crippen LogP contribution < -0.4 is 20.1 Å². The Morgan fingerprint density at radius 3 is 2.29 bits per heavy atom. The fourth-order valence-electron chi connectivity index (χ4n) is 4.63. The van der Waals surface area contributed by atoms with Crippen LogP contribution in [0.1, 0.15) is 39.5 Å². The number of nitrogens with zero attached hydrogens (tertiary/aromatic N) is 2. The number of benzene rings is 1. The molecule has 2 aliphatic heterocycles. The highest BCUT2D eigenvalue weighted by molar-refractivity contribution is 7.89. The number of carbonyl (C=O) groups is 1. The lowest BCUT2D eigenvalue weighted by atomic mass is 9.96. The number of nitrogens with one attached hydrogen (secondary N) is 1. The van der Waals surface area contributed by atoms with E-state index in [1.165, 1.54) is 24.4 Å². The number of hydrogen-bond donors (Lipinski definition) is 2. The predicted molar refractivity (Wildman–Crippen MR) is 132 cm³/mol. The third-order valence-corrected chi connectivity index (χ3v) is 8.18. The number of aromatic nitrogens is 1. The molecule has 2 unspecified atom stereocenters. The van der Waals surface area contributed by atoms with E-state index in [1.807, 2.05) is 0 Å². The van der Waals surface area contributed by atoms with E-state index in [2.05, 4.69) is 15.2 Å². The minimum atomic E-state index is -3.79. The summed E-state index contributed by atoms with van der Waals surface area (Å²) in [5, 5.41) is 9.14. The van der Waals surface area contributed by atoms with Gasteiger partial charge in [-0.15, -0.1) is 0 Å². The van der Waals surface area contributed by atoms with Crippen molar-refractivity contribution in [1.82, 2.24) is 10.3 Å². The van der Waals surface area contributed by atoms with Crippen molar-refractivity contribution in [1.29, 1.82) is 0 Å². The van der Waals surface area contributed by atoms with Gasteiger partial charge in [-0.1, -0.05) is 34.8 Å². The molecule has 2 saturated heterocycles. The van der Waals surface area contributed by atoms with Gasteiger partial charge >= 0.3 is 0 Å². The maximum atomic E-state index is 13.1. The second-order valence-corrected chi connectivity index (χ2v) is 11.9. The van der Waals surface area contributed by atoms with Gasteiger partial charge in [-0.25, -0.2) is 18.5 Å². The highest BCUT2D eigenvalue weighted by atomic mass is 35.5. The lowest BCUT2D eigenvalue weighted by Gasteiger charge is -2.40. The molecule has 3 heterocycles. The van der Waals surface area contributed by atoms with Crippen LogP contribution in [-0.4, -0.2) is 43.0 Å². The van der Waals surface area contributed by atoms with Gasteiger partial charge < -0.3 is 15.0 Å². The summed E-state index contributed by atoms with van der Waals surface area (Å²) in [7, 11) is -3.79. The van der Waals surface area contributed by atoms with Crippen LogP contribution in [0.5, 0.6) is 5.75 Å². The van der Waals surface area contributed by atoms with Crippen LogP contribution in [0, 0.1) is 0 Å². The van der Waals surface area contributed by atoms with E-state index in [1.54, 1.807) is 19.9 Å². The van der Waals surface area contributed by atoms with E-state index < -0.39 is 15.6 Å². The first-order valence-corrected chi connectivity index (χ1v) is 13.4. The first-order chi connectivity index (χ1) is 15.8. The molecule has 1 aromatic carbocycles. The summed E-state index contributed by atoms with van der Waals surface area (Å²) in [6, 6.07) is 6.47. The van der Waals surface area contributed by atoms with Crippen molar-refractivity contribution in [2.24, 2.45) is 5.14 Å². The number of anilines is 1. The third kappa shape index (κ3) is 5.23. The van der Waals surface area contributed by atoms with Crippen LogP contribution in [0.3, 0.4) is 0 Å². The molecule has 2 bridgehead atoms. The monoisotopic (exact) mass is 546 g/mol. The number of amides is 1. The van der Waals surface area contributed by atoms with Crippen molar-refractivity contribution in [3.8, 4) is 5.75 Å². The summed E-state index contributed by atoms with van der Waals surface area (Å²) >= 11 is 18.2. The molecule has 2 fully saturated rings. The zero-order chi connectivity index (χ0) is 24.8. The average molecular weight is 548 g/mol. The van der Waals surface area contributed by atoms with E-state index in [-0.39, 0.29) is 44.7 Å². The van der Waals surface area contributed by atoms with E-state index in [4.69, 9.17) is 44.7 Å². The Morgan fingerprint density at radius 2 is 1.74 bits per heavy atom. The minimum Gasteiger partial charge on any atom is -0.476 e. The predicted octanol–water partition coefficient (Wildman–Crippen LogP) is 4.16. The average Bonchev–Trinajstić information content (AvgIpc) is 3.01. The van der Waals surface area contributed by atoms with Gasteiger partial charge in [0.25, 0.3) is 5.91 Å². The van der Waals surface area contributed by atoms with Crippen LogP contribution in [-0.2, 0) is 14.8 Å². The SMILES string of the molecule is CC(C)(Oc1cc(Cl)c(Cl)cc1Cl)C(=O)NC1CC2CCC(C1)N2c1ccc(S(N)(=O)=O)cn1. The molecule has 12 heteroatoms. The van der Waals surface area contributed by atoms with Gasteiger partial charge in [0.2, 0.25) is 10.0 Å². The maximum Gasteiger partial charge on any atom is 0.263 e. The van der Waals surface area contributed by atoms with Gasteiger partial charge in [0.05, 0.1) is 15.1 Å². The Balaban J connectivity index is 1.42. The number of rotatable bonds is 6. The van der Waals surface area contributed by atoms with Gasteiger partial charge in [-0.3, -0.25) is 4.79 Å². The topological polar surface area (TPSA) is 115 Å². The second kappa shape index (κ2) is 9.35. The zero-order valence-corrected chi connectivity index (χ0v) is 21.7. The van der Waals surface area contributed by atoms with Crippen molar-refractivity contribution in [2.45, 2.75) is 68.2 Å². The fraction of sp³-hybridized carbons (Fsp3) is 0.455. The standard InChI is InChI=1S/C22H25Cl3N4O4S/c1-22(2,33-19-10-17(24)16(23)9-18(19)25)21(30)28-12-7-13-3-4-14(8-12)29(13)20-6-5-15(11-27-20)34(26,31)32/h5-6,9-14H,3-4,7-8H2,1-2H3,(H,28,30)(H2,26,31,32). The minimum absolute atomic E-state index is 0.0185. The molecule has 1 amide bonds.